The lowest BCUT2D eigenvalue weighted by atomic mass is 9.99. The Labute approximate surface area is 205 Å². The molecule has 5 rings (SSSR count). The fourth-order valence-corrected chi connectivity index (χ4v) is 5.10. The first-order valence-electron chi connectivity index (χ1n) is 12.0. The zero-order valence-corrected chi connectivity index (χ0v) is 20.1. The summed E-state index contributed by atoms with van der Waals surface area (Å²) in [6.07, 6.45) is 9.48. The van der Waals surface area contributed by atoms with Gasteiger partial charge in [0, 0.05) is 30.5 Å². The van der Waals surface area contributed by atoms with Gasteiger partial charge in [0.15, 0.2) is 0 Å². The van der Waals surface area contributed by atoms with Crippen LogP contribution in [0.5, 0.6) is 5.75 Å². The highest BCUT2D eigenvalue weighted by molar-refractivity contribution is 5.99. The van der Waals surface area contributed by atoms with Gasteiger partial charge in [-0.05, 0) is 80.6 Å². The first kappa shape index (κ1) is 22.7. The summed E-state index contributed by atoms with van der Waals surface area (Å²) in [4.78, 5) is 22.2. The number of hydrogen-bond donors (Lipinski definition) is 0. The summed E-state index contributed by atoms with van der Waals surface area (Å²) in [5, 5.41) is 9.11. The molecular formula is C28H29N5O2. The number of carbonyl (C=O) groups excluding carboxylic acids is 1. The quantitative estimate of drug-likeness (QED) is 0.509. The Kier molecular flexibility index (Phi) is 6.28. The van der Waals surface area contributed by atoms with Crippen molar-refractivity contribution in [3.8, 4) is 17.5 Å². The molecule has 3 aromatic rings. The van der Waals surface area contributed by atoms with Gasteiger partial charge in [-0.1, -0.05) is 6.07 Å². The molecule has 2 fully saturated rings. The van der Waals surface area contributed by atoms with Gasteiger partial charge in [-0.15, -0.1) is 0 Å². The third-order valence-corrected chi connectivity index (χ3v) is 6.82. The average Bonchev–Trinajstić information content (AvgIpc) is 3.54. The monoisotopic (exact) mass is 467 g/mol. The molecule has 7 heteroatoms. The topological polar surface area (TPSA) is 74.4 Å². The van der Waals surface area contributed by atoms with Gasteiger partial charge in [0.25, 0.3) is 5.91 Å². The Morgan fingerprint density at radius 2 is 1.91 bits per heavy atom. The van der Waals surface area contributed by atoms with E-state index in [4.69, 9.17) is 10.00 Å². The molecule has 2 saturated heterocycles. The Morgan fingerprint density at radius 1 is 1.11 bits per heavy atom. The summed E-state index contributed by atoms with van der Waals surface area (Å²) in [6, 6.07) is 15.8. The third kappa shape index (κ3) is 4.52. The van der Waals surface area contributed by atoms with E-state index in [0.29, 0.717) is 5.56 Å². The number of ether oxygens (including phenoxy) is 1. The molecule has 0 spiro atoms. The number of anilines is 1. The number of likely N-dealkylation sites (tertiary alicyclic amines) is 1. The van der Waals surface area contributed by atoms with Crippen LogP contribution in [0.15, 0.2) is 60.6 Å². The molecule has 1 amide bonds. The van der Waals surface area contributed by atoms with Crippen molar-refractivity contribution in [2.45, 2.75) is 38.8 Å². The molecule has 2 aliphatic heterocycles. The van der Waals surface area contributed by atoms with Crippen molar-refractivity contribution in [1.29, 1.82) is 5.26 Å². The number of rotatable bonds is 5. The second-order valence-electron chi connectivity index (χ2n) is 9.10. The van der Waals surface area contributed by atoms with Gasteiger partial charge in [0.1, 0.15) is 11.9 Å². The number of amides is 1. The number of nitriles is 1. The number of carbonyl (C=O) groups is 1. The molecule has 35 heavy (non-hydrogen) atoms. The molecule has 0 bridgehead atoms. The van der Waals surface area contributed by atoms with E-state index in [1.165, 1.54) is 0 Å². The Bertz CT molecular complexity index is 1300. The molecule has 2 aromatic carbocycles. The van der Waals surface area contributed by atoms with Crippen LogP contribution in [-0.4, -0.2) is 46.7 Å². The molecular weight excluding hydrogens is 438 g/mol. The standard InChI is InChI=1S/C28H29N5O2/c1-20-18-31(19-30-20)25-12-9-22(16-26(25)35-2)15-23-5-3-14-33(28(23)34)27-6-4-13-32(27)24-10-7-21(17-29)8-11-24/h7-12,15-16,18-19,27H,3-6,13-14H2,1-2H3/b23-15-. The van der Waals surface area contributed by atoms with Gasteiger partial charge in [-0.3, -0.25) is 4.79 Å². The molecule has 1 aromatic heterocycles. The Balaban J connectivity index is 1.38. The molecule has 0 saturated carbocycles. The number of aryl methyl sites for hydroxylation is 1. The van der Waals surface area contributed by atoms with Crippen molar-refractivity contribution in [2.24, 2.45) is 0 Å². The zero-order valence-electron chi connectivity index (χ0n) is 20.1. The number of aromatic nitrogens is 2. The normalized spacial score (nSPS) is 19.3. The van der Waals surface area contributed by atoms with E-state index in [-0.39, 0.29) is 12.1 Å². The van der Waals surface area contributed by atoms with E-state index in [2.05, 4.69) is 16.0 Å². The van der Waals surface area contributed by atoms with E-state index in [9.17, 15) is 4.79 Å². The lowest BCUT2D eigenvalue weighted by Gasteiger charge is -2.39. The van der Waals surface area contributed by atoms with Crippen molar-refractivity contribution in [1.82, 2.24) is 14.5 Å². The molecule has 1 atom stereocenters. The minimum atomic E-state index is 0.0422. The average molecular weight is 468 g/mol. The summed E-state index contributed by atoms with van der Waals surface area (Å²) in [6.45, 7) is 3.62. The van der Waals surface area contributed by atoms with Gasteiger partial charge in [-0.25, -0.2) is 4.98 Å². The maximum absolute atomic E-state index is 13.6. The Morgan fingerprint density at radius 3 is 2.63 bits per heavy atom. The van der Waals surface area contributed by atoms with Crippen LogP contribution in [0.3, 0.4) is 0 Å². The lowest BCUT2D eigenvalue weighted by Crippen LogP contribution is -2.50. The van der Waals surface area contributed by atoms with E-state index in [1.807, 2.05) is 71.1 Å². The summed E-state index contributed by atoms with van der Waals surface area (Å²) in [5.74, 6) is 0.842. The number of hydrogen-bond acceptors (Lipinski definition) is 5. The molecule has 178 valence electrons. The van der Waals surface area contributed by atoms with Gasteiger partial charge in [-0.2, -0.15) is 5.26 Å². The number of methoxy groups -OCH3 is 1. The Hall–Kier alpha value is -4.05. The molecule has 7 nitrogen and oxygen atoms in total. The minimum Gasteiger partial charge on any atom is -0.495 e. The van der Waals surface area contributed by atoms with Gasteiger partial charge < -0.3 is 19.1 Å². The first-order chi connectivity index (χ1) is 17.1. The lowest BCUT2D eigenvalue weighted by molar-refractivity contribution is -0.130. The molecule has 1 unspecified atom stereocenters. The molecule has 0 radical (unpaired) electrons. The summed E-state index contributed by atoms with van der Waals surface area (Å²) >= 11 is 0. The fourth-order valence-electron chi connectivity index (χ4n) is 5.10. The first-order valence-corrected chi connectivity index (χ1v) is 12.0. The van der Waals surface area contributed by atoms with E-state index in [0.717, 1.165) is 72.7 Å². The van der Waals surface area contributed by atoms with Crippen LogP contribution in [0.4, 0.5) is 5.69 Å². The van der Waals surface area contributed by atoms with Crippen molar-refractivity contribution in [3.05, 3.63) is 77.4 Å². The van der Waals surface area contributed by atoms with Gasteiger partial charge in [0.2, 0.25) is 0 Å². The summed E-state index contributed by atoms with van der Waals surface area (Å²) in [7, 11) is 1.66. The highest BCUT2D eigenvalue weighted by atomic mass is 16.5. The fraction of sp³-hybridized carbons (Fsp3) is 0.321. The number of nitrogens with zero attached hydrogens (tertiary/aromatic N) is 5. The summed E-state index contributed by atoms with van der Waals surface area (Å²) in [5.41, 5.74) is 5.34. The largest absolute Gasteiger partial charge is 0.495 e. The van der Waals surface area contributed by atoms with Crippen LogP contribution in [0.1, 0.15) is 42.5 Å². The second kappa shape index (κ2) is 9.67. The van der Waals surface area contributed by atoms with Crippen LogP contribution in [0, 0.1) is 18.3 Å². The van der Waals surface area contributed by atoms with E-state index < -0.39 is 0 Å². The van der Waals surface area contributed by atoms with Gasteiger partial charge >= 0.3 is 0 Å². The van der Waals surface area contributed by atoms with Crippen LogP contribution in [0.2, 0.25) is 0 Å². The zero-order chi connectivity index (χ0) is 24.4. The smallest absolute Gasteiger partial charge is 0.251 e. The van der Waals surface area contributed by atoms with E-state index >= 15 is 0 Å². The minimum absolute atomic E-state index is 0.0422. The summed E-state index contributed by atoms with van der Waals surface area (Å²) < 4.78 is 7.59. The molecule has 0 aliphatic carbocycles. The van der Waals surface area contributed by atoms with Crippen LogP contribution in [0.25, 0.3) is 11.8 Å². The third-order valence-electron chi connectivity index (χ3n) is 6.82. The van der Waals surface area contributed by atoms with Crippen LogP contribution in [-0.2, 0) is 4.79 Å². The van der Waals surface area contributed by atoms with Crippen molar-refractivity contribution < 1.29 is 9.53 Å². The van der Waals surface area contributed by atoms with Gasteiger partial charge in [0.05, 0.1) is 36.5 Å². The molecule has 2 aliphatic rings. The SMILES string of the molecule is COc1cc(/C=C2/CCCN(C3CCCN3c3ccc(C#N)cc3)C2=O)ccc1-n1cnc(C)c1. The number of piperidine rings is 1. The van der Waals surface area contributed by atoms with E-state index in [1.54, 1.807) is 13.4 Å². The predicted molar refractivity (Wildman–Crippen MR) is 135 cm³/mol. The molecule has 3 heterocycles. The van der Waals surface area contributed by atoms with Crippen LogP contribution >= 0.6 is 0 Å². The maximum atomic E-state index is 13.6. The molecule has 0 N–H and O–H groups in total. The highest BCUT2D eigenvalue weighted by Crippen LogP contribution is 2.32. The van der Waals surface area contributed by atoms with Crippen molar-refractivity contribution in [3.63, 3.8) is 0 Å². The second-order valence-corrected chi connectivity index (χ2v) is 9.10. The van der Waals surface area contributed by atoms with Crippen molar-refractivity contribution >= 4 is 17.7 Å². The number of imidazole rings is 1. The highest BCUT2D eigenvalue weighted by Gasteiger charge is 2.35. The maximum Gasteiger partial charge on any atom is 0.251 e. The predicted octanol–water partition coefficient (Wildman–Crippen LogP) is 4.69. The number of benzene rings is 2. The van der Waals surface area contributed by atoms with Crippen molar-refractivity contribution in [2.75, 3.05) is 25.1 Å². The van der Waals surface area contributed by atoms with Crippen LogP contribution < -0.4 is 9.64 Å².